The third-order valence-electron chi connectivity index (χ3n) is 4.16. The second-order valence-corrected chi connectivity index (χ2v) is 8.47. The number of hydrogen-bond acceptors (Lipinski definition) is 0. The third kappa shape index (κ3) is 5.71. The van der Waals surface area contributed by atoms with Gasteiger partial charge in [0.25, 0.3) is 0 Å². The van der Waals surface area contributed by atoms with Crippen LogP contribution in [0.3, 0.4) is 0 Å². The number of rotatable bonds is 6. The highest BCUT2D eigenvalue weighted by molar-refractivity contribution is 6.67. The van der Waals surface area contributed by atoms with Crippen molar-refractivity contribution in [2.24, 2.45) is 0 Å². The molecule has 2 aromatic rings. The van der Waals surface area contributed by atoms with Crippen LogP contribution in [0.2, 0.25) is 0 Å². The summed E-state index contributed by atoms with van der Waals surface area (Å²) in [6.07, 6.45) is 2.31. The molecule has 2 aromatic carbocycles. The zero-order valence-corrected chi connectivity index (χ0v) is 15.8. The maximum atomic E-state index is 6.12. The van der Waals surface area contributed by atoms with Crippen LogP contribution in [0.25, 0.3) is 0 Å². The third-order valence-corrected chi connectivity index (χ3v) is 4.56. The molecule has 0 aliphatic carbocycles. The Morgan fingerprint density at radius 3 is 2.17 bits per heavy atom. The molecule has 1 unspecified atom stereocenters. The Hall–Kier alpha value is -0.690. The first-order valence-corrected chi connectivity index (χ1v) is 9.08. The maximum Gasteiger partial charge on any atom is 0.191 e. The molecule has 1 radical (unpaired) electrons. The summed E-state index contributed by atoms with van der Waals surface area (Å²) in [5.41, 5.74) is 3.78. The molecule has 0 N–H and O–H groups in total. The predicted octanol–water partition coefficient (Wildman–Crippen LogP) is 7.13. The summed E-state index contributed by atoms with van der Waals surface area (Å²) < 4.78 is -1.29. The molecule has 23 heavy (non-hydrogen) atoms. The van der Waals surface area contributed by atoms with Gasteiger partial charge in [0.15, 0.2) is 3.79 Å². The van der Waals surface area contributed by atoms with Crippen molar-refractivity contribution in [3.05, 3.63) is 77.2 Å². The van der Waals surface area contributed by atoms with Gasteiger partial charge < -0.3 is 0 Å². The molecule has 0 aromatic heterocycles. The minimum absolute atomic E-state index is 0.431. The Morgan fingerprint density at radius 2 is 1.57 bits per heavy atom. The molecule has 0 saturated heterocycles. The maximum absolute atomic E-state index is 6.12. The van der Waals surface area contributed by atoms with Crippen molar-refractivity contribution in [1.82, 2.24) is 0 Å². The zero-order valence-electron chi connectivity index (χ0n) is 13.5. The summed E-state index contributed by atoms with van der Waals surface area (Å²) in [5.74, 6) is 1.65. The number of halogens is 3. The largest absolute Gasteiger partial charge is 0.191 e. The summed E-state index contributed by atoms with van der Waals surface area (Å²) >= 11 is 18.4. The Balaban J connectivity index is 2.37. The molecule has 0 aliphatic heterocycles. The van der Waals surface area contributed by atoms with E-state index in [1.165, 1.54) is 22.6 Å². The van der Waals surface area contributed by atoms with Crippen molar-refractivity contribution in [3.63, 3.8) is 0 Å². The highest BCUT2D eigenvalue weighted by atomic mass is 35.6. The van der Waals surface area contributed by atoms with E-state index in [1.54, 1.807) is 0 Å². The summed E-state index contributed by atoms with van der Waals surface area (Å²) in [4.78, 5) is 0. The van der Waals surface area contributed by atoms with Gasteiger partial charge in [-0.05, 0) is 35.4 Å². The second kappa shape index (κ2) is 8.42. The van der Waals surface area contributed by atoms with Crippen LogP contribution >= 0.6 is 34.8 Å². The first kappa shape index (κ1) is 18.6. The van der Waals surface area contributed by atoms with E-state index in [-0.39, 0.29) is 0 Å². The van der Waals surface area contributed by atoms with Gasteiger partial charge in [-0.2, -0.15) is 0 Å². The Morgan fingerprint density at radius 1 is 0.957 bits per heavy atom. The summed E-state index contributed by atoms with van der Waals surface area (Å²) in [5, 5.41) is 0. The van der Waals surface area contributed by atoms with Crippen LogP contribution in [-0.4, -0.2) is 3.79 Å². The molecule has 0 nitrogen and oxygen atoms in total. The molecule has 2 rings (SSSR count). The average molecular weight is 369 g/mol. The average Bonchev–Trinajstić information content (AvgIpc) is 2.53. The van der Waals surface area contributed by atoms with Crippen LogP contribution in [0.1, 0.15) is 49.3 Å². The van der Waals surface area contributed by atoms with Gasteiger partial charge >= 0.3 is 0 Å². The van der Waals surface area contributed by atoms with Crippen molar-refractivity contribution >= 4 is 34.8 Å². The van der Waals surface area contributed by atoms with E-state index in [0.717, 1.165) is 12.8 Å². The molecule has 0 fully saturated rings. The lowest BCUT2D eigenvalue weighted by Crippen LogP contribution is -2.16. The molecule has 0 saturated carbocycles. The van der Waals surface area contributed by atoms with E-state index in [4.69, 9.17) is 34.8 Å². The van der Waals surface area contributed by atoms with Crippen molar-refractivity contribution in [2.75, 3.05) is 0 Å². The molecule has 0 spiro atoms. The van der Waals surface area contributed by atoms with Crippen LogP contribution < -0.4 is 0 Å². The van der Waals surface area contributed by atoms with E-state index in [1.807, 2.05) is 18.2 Å². The van der Waals surface area contributed by atoms with E-state index in [0.29, 0.717) is 12.3 Å². The predicted molar refractivity (Wildman–Crippen MR) is 103 cm³/mol. The molecule has 0 amide bonds. The molecular weight excluding hydrogens is 347 g/mol. The fourth-order valence-electron chi connectivity index (χ4n) is 2.81. The number of alkyl halides is 3. The Kier molecular flexibility index (Phi) is 6.83. The van der Waals surface area contributed by atoms with E-state index >= 15 is 0 Å². The summed E-state index contributed by atoms with van der Waals surface area (Å²) in [6.45, 7) is 4.45. The van der Waals surface area contributed by atoms with Crippen LogP contribution in [-0.2, 0) is 6.42 Å². The van der Waals surface area contributed by atoms with Gasteiger partial charge in [-0.1, -0.05) is 103 Å². The summed E-state index contributed by atoms with van der Waals surface area (Å²) in [6, 6.07) is 18.8. The van der Waals surface area contributed by atoms with Gasteiger partial charge in [0.1, 0.15) is 0 Å². The second-order valence-electron chi connectivity index (χ2n) is 5.95. The van der Waals surface area contributed by atoms with E-state index < -0.39 is 3.79 Å². The molecule has 0 aliphatic rings. The van der Waals surface area contributed by atoms with Gasteiger partial charge in [0, 0.05) is 12.3 Å². The quantitative estimate of drug-likeness (QED) is 0.476. The topological polar surface area (TPSA) is 0 Å². The normalized spacial score (nSPS) is 13.3. The standard InChI is InChI=1S/C20H22Cl3/c1-3-15(2)18-11-7-8-12-19(18)17(14-20(21,22)23)13-16-9-5-4-6-10-16/h4-12,15H,3,13-14H2,1-2H3. The number of benzene rings is 2. The summed E-state index contributed by atoms with van der Waals surface area (Å²) in [7, 11) is 0. The smallest absolute Gasteiger partial charge is 0.0837 e. The first-order valence-electron chi connectivity index (χ1n) is 7.95. The van der Waals surface area contributed by atoms with Crippen molar-refractivity contribution in [2.45, 2.75) is 42.8 Å². The lowest BCUT2D eigenvalue weighted by atomic mass is 9.83. The molecule has 3 heteroatoms. The van der Waals surface area contributed by atoms with Crippen LogP contribution in [0, 0.1) is 5.92 Å². The van der Waals surface area contributed by atoms with Crippen molar-refractivity contribution < 1.29 is 0 Å². The number of hydrogen-bond donors (Lipinski definition) is 0. The van der Waals surface area contributed by atoms with Gasteiger partial charge in [-0.3, -0.25) is 0 Å². The minimum atomic E-state index is -1.29. The molecule has 0 bridgehead atoms. The monoisotopic (exact) mass is 367 g/mol. The lowest BCUT2D eigenvalue weighted by Gasteiger charge is -2.25. The first-order chi connectivity index (χ1) is 10.9. The van der Waals surface area contributed by atoms with E-state index in [2.05, 4.69) is 50.2 Å². The van der Waals surface area contributed by atoms with Crippen molar-refractivity contribution in [3.8, 4) is 0 Å². The minimum Gasteiger partial charge on any atom is -0.0837 e. The van der Waals surface area contributed by atoms with Gasteiger partial charge in [-0.15, -0.1) is 0 Å². The molecular formula is C20H22Cl3. The van der Waals surface area contributed by atoms with Crippen LogP contribution in [0.4, 0.5) is 0 Å². The Bertz CT molecular complexity index is 602. The fourth-order valence-corrected chi connectivity index (χ4v) is 3.29. The lowest BCUT2D eigenvalue weighted by molar-refractivity contribution is 0.714. The molecule has 0 heterocycles. The van der Waals surface area contributed by atoms with Gasteiger partial charge in [0.05, 0.1) is 0 Å². The van der Waals surface area contributed by atoms with Gasteiger partial charge in [0.2, 0.25) is 0 Å². The SMILES string of the molecule is CCC(C)c1ccccc1[C](Cc1ccccc1)CC(Cl)(Cl)Cl. The molecule has 123 valence electrons. The van der Waals surface area contributed by atoms with Crippen LogP contribution in [0.15, 0.2) is 54.6 Å². The zero-order chi connectivity index (χ0) is 16.9. The highest BCUT2D eigenvalue weighted by Gasteiger charge is 2.29. The fraction of sp³-hybridized carbons (Fsp3) is 0.350. The van der Waals surface area contributed by atoms with E-state index in [9.17, 15) is 0 Å². The van der Waals surface area contributed by atoms with Gasteiger partial charge in [-0.25, -0.2) is 0 Å². The highest BCUT2D eigenvalue weighted by Crippen LogP contribution is 2.40. The van der Waals surface area contributed by atoms with Crippen molar-refractivity contribution in [1.29, 1.82) is 0 Å². The molecule has 1 atom stereocenters. The Labute approximate surface area is 154 Å². The van der Waals surface area contributed by atoms with Crippen LogP contribution in [0.5, 0.6) is 0 Å².